The van der Waals surface area contributed by atoms with Crippen LogP contribution >= 0.6 is 0 Å². The second kappa shape index (κ2) is 6.75. The van der Waals surface area contributed by atoms with Crippen molar-refractivity contribution in [1.29, 1.82) is 0 Å². The Morgan fingerprint density at radius 1 is 1.12 bits per heavy atom. The van der Waals surface area contributed by atoms with Gasteiger partial charge in [-0.15, -0.1) is 0 Å². The van der Waals surface area contributed by atoms with E-state index >= 15 is 0 Å². The molecular weight excluding hydrogens is 320 g/mol. The van der Waals surface area contributed by atoms with E-state index in [9.17, 15) is 4.79 Å². The van der Waals surface area contributed by atoms with Crippen molar-refractivity contribution in [3.8, 4) is 11.5 Å². The molecule has 0 spiro atoms. The van der Waals surface area contributed by atoms with E-state index in [2.05, 4.69) is 5.32 Å². The number of hydrogen-bond acceptors (Lipinski definition) is 5. The van der Waals surface area contributed by atoms with Gasteiger partial charge in [-0.05, 0) is 50.3 Å². The van der Waals surface area contributed by atoms with Gasteiger partial charge in [0.05, 0.1) is 14.2 Å². The molecule has 1 aliphatic heterocycles. The monoisotopic (exact) mass is 348 g/mol. The molecule has 1 amide bonds. The summed E-state index contributed by atoms with van der Waals surface area (Å²) in [6.45, 7) is 8.01. The SMILES string of the molecule is COc1cc(CNC2C3CN(C(=O)OC(C)(C)C)CC32)cc(OC)c1. The molecule has 2 aliphatic rings. The van der Waals surface area contributed by atoms with Gasteiger partial charge in [0.1, 0.15) is 17.1 Å². The van der Waals surface area contributed by atoms with Crippen molar-refractivity contribution in [2.45, 2.75) is 39.0 Å². The van der Waals surface area contributed by atoms with E-state index in [0.29, 0.717) is 17.9 Å². The van der Waals surface area contributed by atoms with E-state index in [4.69, 9.17) is 14.2 Å². The molecule has 1 saturated heterocycles. The van der Waals surface area contributed by atoms with Crippen LogP contribution in [0, 0.1) is 11.8 Å². The van der Waals surface area contributed by atoms with E-state index in [1.807, 2.05) is 43.9 Å². The van der Waals surface area contributed by atoms with Crippen molar-refractivity contribution in [3.05, 3.63) is 23.8 Å². The number of nitrogens with one attached hydrogen (secondary N) is 1. The van der Waals surface area contributed by atoms with Crippen molar-refractivity contribution >= 4 is 6.09 Å². The number of carbonyl (C=O) groups excluding carboxylic acids is 1. The molecule has 1 aromatic rings. The average Bonchev–Trinajstić information content (AvgIpc) is 3.00. The van der Waals surface area contributed by atoms with Gasteiger partial charge in [0.15, 0.2) is 0 Å². The van der Waals surface area contributed by atoms with E-state index in [1.165, 1.54) is 0 Å². The number of fused-ring (bicyclic) bond motifs is 1. The first-order valence-electron chi connectivity index (χ1n) is 8.74. The number of nitrogens with zero attached hydrogens (tertiary/aromatic N) is 1. The molecule has 25 heavy (non-hydrogen) atoms. The van der Waals surface area contributed by atoms with Crippen LogP contribution in [-0.4, -0.2) is 49.9 Å². The first-order valence-corrected chi connectivity index (χ1v) is 8.74. The van der Waals surface area contributed by atoms with Crippen LogP contribution in [0.4, 0.5) is 4.79 Å². The van der Waals surface area contributed by atoms with Crippen LogP contribution in [0.15, 0.2) is 18.2 Å². The van der Waals surface area contributed by atoms with Crippen molar-refractivity contribution in [3.63, 3.8) is 0 Å². The minimum absolute atomic E-state index is 0.198. The summed E-state index contributed by atoms with van der Waals surface area (Å²) in [6.07, 6.45) is -0.198. The fraction of sp³-hybridized carbons (Fsp3) is 0.632. The minimum atomic E-state index is -0.438. The van der Waals surface area contributed by atoms with Crippen molar-refractivity contribution in [2.24, 2.45) is 11.8 Å². The third-order valence-electron chi connectivity index (χ3n) is 4.80. The summed E-state index contributed by atoms with van der Waals surface area (Å²) >= 11 is 0. The minimum Gasteiger partial charge on any atom is -0.497 e. The van der Waals surface area contributed by atoms with Crippen molar-refractivity contribution in [1.82, 2.24) is 10.2 Å². The van der Waals surface area contributed by atoms with Gasteiger partial charge in [-0.2, -0.15) is 0 Å². The largest absolute Gasteiger partial charge is 0.497 e. The molecule has 1 aromatic carbocycles. The Morgan fingerprint density at radius 3 is 2.16 bits per heavy atom. The fourth-order valence-electron chi connectivity index (χ4n) is 3.51. The van der Waals surface area contributed by atoms with Crippen LogP contribution in [0.3, 0.4) is 0 Å². The molecule has 1 saturated carbocycles. The van der Waals surface area contributed by atoms with E-state index in [-0.39, 0.29) is 6.09 Å². The zero-order chi connectivity index (χ0) is 18.2. The topological polar surface area (TPSA) is 60.0 Å². The van der Waals surface area contributed by atoms with Crippen LogP contribution < -0.4 is 14.8 Å². The lowest BCUT2D eigenvalue weighted by atomic mass is 10.2. The number of piperidine rings is 1. The molecule has 0 radical (unpaired) electrons. The summed E-state index contributed by atoms with van der Waals surface area (Å²) in [6, 6.07) is 6.37. The normalized spacial score (nSPS) is 24.7. The van der Waals surface area contributed by atoms with Gasteiger partial charge in [-0.1, -0.05) is 0 Å². The number of benzene rings is 1. The number of likely N-dealkylation sites (tertiary alicyclic amines) is 1. The lowest BCUT2D eigenvalue weighted by Gasteiger charge is -2.26. The summed E-state index contributed by atoms with van der Waals surface area (Å²) in [5.74, 6) is 2.64. The maximum atomic E-state index is 12.1. The molecule has 1 aliphatic carbocycles. The van der Waals surface area contributed by atoms with Gasteiger partial charge in [-0.25, -0.2) is 4.79 Å². The fourth-order valence-corrected chi connectivity index (χ4v) is 3.51. The highest BCUT2D eigenvalue weighted by molar-refractivity contribution is 5.69. The van der Waals surface area contributed by atoms with Crippen LogP contribution in [0.5, 0.6) is 11.5 Å². The number of methoxy groups -OCH3 is 2. The van der Waals surface area contributed by atoms with Gasteiger partial charge in [0.2, 0.25) is 0 Å². The molecule has 3 rings (SSSR count). The number of amides is 1. The standard InChI is InChI=1S/C19H28N2O4/c1-19(2,3)25-18(22)21-10-15-16(11-21)17(15)20-9-12-6-13(23-4)8-14(7-12)24-5/h6-8,15-17,20H,9-11H2,1-5H3. The average molecular weight is 348 g/mol. The Morgan fingerprint density at radius 2 is 1.68 bits per heavy atom. The number of carbonyl (C=O) groups is 1. The van der Waals surface area contributed by atoms with E-state index in [0.717, 1.165) is 36.7 Å². The molecule has 6 heteroatoms. The molecule has 1 N–H and O–H groups in total. The zero-order valence-electron chi connectivity index (χ0n) is 15.7. The summed E-state index contributed by atoms with van der Waals surface area (Å²) in [5.41, 5.74) is 0.692. The molecule has 0 bridgehead atoms. The molecule has 138 valence electrons. The molecule has 2 fully saturated rings. The lowest BCUT2D eigenvalue weighted by Crippen LogP contribution is -2.39. The number of rotatable bonds is 5. The first-order chi connectivity index (χ1) is 11.8. The van der Waals surface area contributed by atoms with Crippen LogP contribution in [0.1, 0.15) is 26.3 Å². The summed E-state index contributed by atoms with van der Waals surface area (Å²) in [7, 11) is 3.31. The third kappa shape index (κ3) is 4.18. The summed E-state index contributed by atoms with van der Waals surface area (Å²) < 4.78 is 16.1. The molecule has 2 atom stereocenters. The van der Waals surface area contributed by atoms with Gasteiger partial charge in [0, 0.05) is 31.7 Å². The maximum Gasteiger partial charge on any atom is 0.410 e. The Hall–Kier alpha value is -1.95. The number of hydrogen-bond donors (Lipinski definition) is 1. The first kappa shape index (κ1) is 17.9. The van der Waals surface area contributed by atoms with Crippen LogP contribution in [0.25, 0.3) is 0 Å². The molecule has 2 unspecified atom stereocenters. The van der Waals surface area contributed by atoms with Gasteiger partial charge in [0.25, 0.3) is 0 Å². The lowest BCUT2D eigenvalue weighted by molar-refractivity contribution is 0.0269. The zero-order valence-corrected chi connectivity index (χ0v) is 15.7. The van der Waals surface area contributed by atoms with Gasteiger partial charge < -0.3 is 24.4 Å². The number of ether oxygens (including phenoxy) is 3. The smallest absolute Gasteiger partial charge is 0.410 e. The molecule has 0 aromatic heterocycles. The van der Waals surface area contributed by atoms with Crippen molar-refractivity contribution in [2.75, 3.05) is 27.3 Å². The predicted molar refractivity (Wildman–Crippen MR) is 95.0 cm³/mol. The molecular formula is C19H28N2O4. The van der Waals surface area contributed by atoms with Crippen LogP contribution in [0.2, 0.25) is 0 Å². The Kier molecular flexibility index (Phi) is 4.82. The second-order valence-electron chi connectivity index (χ2n) is 7.84. The summed E-state index contributed by atoms with van der Waals surface area (Å²) in [5, 5.41) is 3.60. The molecule has 1 heterocycles. The van der Waals surface area contributed by atoms with Crippen LogP contribution in [-0.2, 0) is 11.3 Å². The second-order valence-corrected chi connectivity index (χ2v) is 7.84. The Labute approximate surface area is 149 Å². The highest BCUT2D eigenvalue weighted by atomic mass is 16.6. The highest BCUT2D eigenvalue weighted by Gasteiger charge is 2.56. The Balaban J connectivity index is 1.48. The van der Waals surface area contributed by atoms with E-state index in [1.54, 1.807) is 14.2 Å². The van der Waals surface area contributed by atoms with Gasteiger partial charge in [-0.3, -0.25) is 0 Å². The van der Waals surface area contributed by atoms with Gasteiger partial charge >= 0.3 is 6.09 Å². The maximum absolute atomic E-state index is 12.1. The quantitative estimate of drug-likeness (QED) is 0.886. The van der Waals surface area contributed by atoms with Crippen molar-refractivity contribution < 1.29 is 19.0 Å². The predicted octanol–water partition coefficient (Wildman–Crippen LogP) is 2.66. The highest BCUT2D eigenvalue weighted by Crippen LogP contribution is 2.46. The van der Waals surface area contributed by atoms with E-state index < -0.39 is 5.60 Å². The Bertz CT molecular complexity index is 607. The molecule has 6 nitrogen and oxygen atoms in total. The summed E-state index contributed by atoms with van der Waals surface area (Å²) in [4.78, 5) is 13.9. The third-order valence-corrected chi connectivity index (χ3v) is 4.80.